The van der Waals surface area contributed by atoms with Crippen LogP contribution in [0.25, 0.3) is 0 Å². The number of amides is 3. The number of nitrogens with zero attached hydrogens (tertiary/aromatic N) is 5. The Kier molecular flexibility index (Phi) is 12.6. The first-order valence-electron chi connectivity index (χ1n) is 16.6. The van der Waals surface area contributed by atoms with Crippen molar-refractivity contribution < 1.29 is 23.9 Å². The summed E-state index contributed by atoms with van der Waals surface area (Å²) < 4.78 is 11.2. The largest absolute Gasteiger partial charge is 0.444 e. The van der Waals surface area contributed by atoms with Gasteiger partial charge in [-0.25, -0.2) is 14.8 Å². The zero-order chi connectivity index (χ0) is 32.7. The molecule has 0 radical (unpaired) electrons. The van der Waals surface area contributed by atoms with Crippen LogP contribution in [0.4, 0.5) is 4.79 Å². The number of unbranched alkanes of at least 4 members (excludes halogenated alkanes) is 3. The molecule has 0 saturated carbocycles. The molecule has 0 aliphatic carbocycles. The quantitative estimate of drug-likeness (QED) is 0.321. The Morgan fingerprint density at radius 2 is 1.70 bits per heavy atom. The molecular weight excluding hydrogens is 558 g/mol. The van der Waals surface area contributed by atoms with E-state index in [0.29, 0.717) is 57.8 Å². The van der Waals surface area contributed by atoms with Gasteiger partial charge in [0.25, 0.3) is 5.91 Å². The van der Waals surface area contributed by atoms with Crippen molar-refractivity contribution in [2.45, 2.75) is 118 Å². The summed E-state index contributed by atoms with van der Waals surface area (Å²) in [4.78, 5) is 56.6. The normalized spacial score (nSPS) is 19.7. The summed E-state index contributed by atoms with van der Waals surface area (Å²) in [5.41, 5.74) is 0.364. The number of piperidine rings is 1. The minimum Gasteiger partial charge on any atom is -0.444 e. The zero-order valence-corrected chi connectivity index (χ0v) is 28.8. The summed E-state index contributed by atoms with van der Waals surface area (Å²) in [6.07, 6.45) is 6.71. The predicted octanol–water partition coefficient (Wildman–Crippen LogP) is 5.48. The summed E-state index contributed by atoms with van der Waals surface area (Å²) in [7, 11) is 0. The molecule has 10 nitrogen and oxygen atoms in total. The average molecular weight is 616 g/mol. The van der Waals surface area contributed by atoms with E-state index in [-0.39, 0.29) is 35.7 Å². The highest BCUT2D eigenvalue weighted by atomic mass is 16.6. The molecule has 44 heavy (non-hydrogen) atoms. The van der Waals surface area contributed by atoms with Crippen LogP contribution < -0.4 is 0 Å². The van der Waals surface area contributed by atoms with Crippen LogP contribution in [0.15, 0.2) is 6.20 Å². The number of rotatable bonds is 10. The van der Waals surface area contributed by atoms with Crippen molar-refractivity contribution in [3.63, 3.8) is 0 Å². The van der Waals surface area contributed by atoms with E-state index in [1.165, 1.54) is 0 Å². The number of hydrogen-bond donors (Lipinski definition) is 0. The van der Waals surface area contributed by atoms with Gasteiger partial charge in [-0.2, -0.15) is 0 Å². The molecule has 0 spiro atoms. The van der Waals surface area contributed by atoms with Gasteiger partial charge in [0.1, 0.15) is 11.4 Å². The lowest BCUT2D eigenvalue weighted by molar-refractivity contribution is -0.142. The molecule has 248 valence electrons. The monoisotopic (exact) mass is 615 g/mol. The highest BCUT2D eigenvalue weighted by Gasteiger charge is 2.41. The molecule has 1 unspecified atom stereocenters. The second-order valence-corrected chi connectivity index (χ2v) is 14.9. The van der Waals surface area contributed by atoms with Gasteiger partial charge in [-0.05, 0) is 46.0 Å². The molecule has 10 heteroatoms. The van der Waals surface area contributed by atoms with Gasteiger partial charge in [0, 0.05) is 44.3 Å². The Labute approximate surface area is 265 Å². The van der Waals surface area contributed by atoms with Crippen LogP contribution in [0.5, 0.6) is 0 Å². The third kappa shape index (κ3) is 10.1. The Morgan fingerprint density at radius 3 is 2.30 bits per heavy atom. The number of likely N-dealkylation sites (tertiary alicyclic amines) is 1. The minimum absolute atomic E-state index is 0.00187. The summed E-state index contributed by atoms with van der Waals surface area (Å²) in [6.45, 7) is 21.2. The number of carbonyl (C=O) groups excluding carboxylic acids is 3. The maximum absolute atomic E-state index is 14.5. The van der Waals surface area contributed by atoms with E-state index in [0.717, 1.165) is 37.2 Å². The first kappa shape index (κ1) is 35.7. The molecule has 1 aromatic rings. The van der Waals surface area contributed by atoms with Gasteiger partial charge in [0.2, 0.25) is 5.91 Å². The van der Waals surface area contributed by atoms with Crippen LogP contribution in [0.3, 0.4) is 0 Å². The molecule has 3 amide bonds. The van der Waals surface area contributed by atoms with Crippen molar-refractivity contribution in [3.8, 4) is 0 Å². The van der Waals surface area contributed by atoms with Gasteiger partial charge >= 0.3 is 6.09 Å². The number of aryl methyl sites for hydroxylation is 1. The number of aromatic nitrogens is 2. The molecule has 0 aromatic carbocycles. The van der Waals surface area contributed by atoms with Gasteiger partial charge in [-0.3, -0.25) is 9.59 Å². The van der Waals surface area contributed by atoms with E-state index >= 15 is 0 Å². The van der Waals surface area contributed by atoms with Crippen molar-refractivity contribution in [2.75, 3.05) is 45.9 Å². The molecule has 2 saturated heterocycles. The highest BCUT2D eigenvalue weighted by molar-refractivity contribution is 5.95. The molecule has 3 rings (SSSR count). The van der Waals surface area contributed by atoms with E-state index in [9.17, 15) is 14.4 Å². The van der Waals surface area contributed by atoms with Crippen LogP contribution in [-0.4, -0.2) is 100 Å². The fourth-order valence-electron chi connectivity index (χ4n) is 5.81. The van der Waals surface area contributed by atoms with E-state index in [4.69, 9.17) is 14.5 Å². The van der Waals surface area contributed by atoms with Crippen LogP contribution in [0, 0.1) is 11.8 Å². The molecule has 3 heterocycles. The number of hydrogen-bond acceptors (Lipinski definition) is 7. The van der Waals surface area contributed by atoms with Crippen LogP contribution in [0.2, 0.25) is 0 Å². The Bertz CT molecular complexity index is 1120. The third-order valence-electron chi connectivity index (χ3n) is 8.05. The van der Waals surface area contributed by atoms with Gasteiger partial charge in [-0.15, -0.1) is 0 Å². The fraction of sp³-hybridized carbons (Fsp3) is 0.794. The lowest BCUT2D eigenvalue weighted by Crippen LogP contribution is -2.58. The summed E-state index contributed by atoms with van der Waals surface area (Å²) in [5.74, 6) is 0.304. The van der Waals surface area contributed by atoms with Crippen molar-refractivity contribution in [1.82, 2.24) is 24.7 Å². The smallest absolute Gasteiger partial charge is 0.410 e. The Hall–Kier alpha value is -2.75. The Morgan fingerprint density at radius 1 is 1.02 bits per heavy atom. The van der Waals surface area contributed by atoms with E-state index in [2.05, 4.69) is 46.5 Å². The topological polar surface area (TPSA) is 105 Å². The van der Waals surface area contributed by atoms with Crippen molar-refractivity contribution in [1.29, 1.82) is 0 Å². The summed E-state index contributed by atoms with van der Waals surface area (Å²) >= 11 is 0. The van der Waals surface area contributed by atoms with E-state index in [1.807, 2.05) is 30.6 Å². The molecule has 1 aromatic heterocycles. The maximum Gasteiger partial charge on any atom is 0.410 e. The molecule has 2 atom stereocenters. The summed E-state index contributed by atoms with van der Waals surface area (Å²) in [5, 5.41) is 0. The maximum atomic E-state index is 14.5. The van der Waals surface area contributed by atoms with Crippen LogP contribution >= 0.6 is 0 Å². The third-order valence-corrected chi connectivity index (χ3v) is 8.05. The van der Waals surface area contributed by atoms with Crippen molar-refractivity contribution in [2.24, 2.45) is 11.8 Å². The minimum atomic E-state index is -0.681. The van der Waals surface area contributed by atoms with Crippen LogP contribution in [0.1, 0.15) is 116 Å². The van der Waals surface area contributed by atoms with Gasteiger partial charge in [0.15, 0.2) is 0 Å². The second kappa shape index (κ2) is 15.5. The van der Waals surface area contributed by atoms with E-state index in [1.54, 1.807) is 11.1 Å². The summed E-state index contributed by atoms with van der Waals surface area (Å²) in [6, 6.07) is -0.364. The van der Waals surface area contributed by atoms with E-state index < -0.39 is 17.6 Å². The average Bonchev–Trinajstić information content (AvgIpc) is 2.96. The first-order chi connectivity index (χ1) is 20.6. The number of ether oxygens (including phenoxy) is 2. The van der Waals surface area contributed by atoms with Crippen molar-refractivity contribution >= 4 is 17.9 Å². The van der Waals surface area contributed by atoms with Gasteiger partial charge < -0.3 is 24.2 Å². The second-order valence-electron chi connectivity index (χ2n) is 14.9. The van der Waals surface area contributed by atoms with Gasteiger partial charge in [0.05, 0.1) is 36.4 Å². The predicted molar refractivity (Wildman–Crippen MR) is 172 cm³/mol. The zero-order valence-electron chi connectivity index (χ0n) is 28.8. The van der Waals surface area contributed by atoms with Crippen molar-refractivity contribution in [3.05, 3.63) is 23.3 Å². The standard InChI is InChI=1S/C34H57N5O5/c1-10-11-12-13-14-28-27(20-35-31(36-28)33(4,5)6)30(41)39(21-24(2)3)26-19-25(29(40)37-15-17-43-18-16-37)22-38(23-26)32(42)44-34(7,8)9/h20,24-26H,10-19,21-23H2,1-9H3/t25-,26?/m1/s1. The highest BCUT2D eigenvalue weighted by Crippen LogP contribution is 2.28. The SMILES string of the molecule is CCCCCCc1nc(C(C)(C)C)ncc1C(=O)N(CC(C)C)C1C[C@@H](C(=O)N2CCOCC2)CN(C(=O)OC(C)(C)C)C1. The molecule has 0 bridgehead atoms. The molecule has 2 aliphatic rings. The Balaban J connectivity index is 1.99. The lowest BCUT2D eigenvalue weighted by atomic mass is 9.90. The fourth-order valence-corrected chi connectivity index (χ4v) is 5.81. The van der Waals surface area contributed by atoms with Gasteiger partial charge in [-0.1, -0.05) is 60.8 Å². The molecular formula is C34H57N5O5. The number of morpholine rings is 1. The lowest BCUT2D eigenvalue weighted by Gasteiger charge is -2.44. The molecule has 2 aliphatic heterocycles. The van der Waals surface area contributed by atoms with Crippen LogP contribution in [-0.2, 0) is 26.1 Å². The number of carbonyl (C=O) groups is 3. The molecule has 2 fully saturated rings. The molecule has 0 N–H and O–H groups in total. The first-order valence-corrected chi connectivity index (χ1v) is 16.6.